The highest BCUT2D eigenvalue weighted by atomic mass is 32.1. The lowest BCUT2D eigenvalue weighted by molar-refractivity contribution is -0.0498. The highest BCUT2D eigenvalue weighted by Crippen LogP contribution is 2.40. The maximum atomic E-state index is 12.1. The van der Waals surface area contributed by atoms with E-state index in [1.165, 1.54) is 25.0 Å². The second kappa shape index (κ2) is 5.46. The van der Waals surface area contributed by atoms with E-state index in [2.05, 4.69) is 9.72 Å². The Balaban J connectivity index is 1.75. The Bertz CT molecular complexity index is 581. The summed E-state index contributed by atoms with van der Waals surface area (Å²) in [6.07, 6.45) is 2.35. The van der Waals surface area contributed by atoms with Gasteiger partial charge in [0.15, 0.2) is 0 Å². The molecule has 1 atom stereocenters. The number of nitrogens with zero attached hydrogens (tertiary/aromatic N) is 1. The van der Waals surface area contributed by atoms with Crippen molar-refractivity contribution < 1.29 is 13.5 Å². The third-order valence-electron chi connectivity index (χ3n) is 3.31. The lowest BCUT2D eigenvalue weighted by Crippen LogP contribution is -2.11. The molecule has 1 aromatic carbocycles. The van der Waals surface area contributed by atoms with Gasteiger partial charge in [-0.1, -0.05) is 0 Å². The normalized spacial score (nSPS) is 16.4. The number of aromatic nitrogens is 1. The minimum atomic E-state index is -2.80. The molecule has 3 rings (SSSR count). The van der Waals surface area contributed by atoms with E-state index < -0.39 is 6.61 Å². The summed E-state index contributed by atoms with van der Waals surface area (Å²) in [5.74, 6) is 0.713. The molecule has 1 unspecified atom stereocenters. The average molecular weight is 296 g/mol. The number of alkyl halides is 2. The van der Waals surface area contributed by atoms with E-state index in [1.807, 2.05) is 5.38 Å². The fourth-order valence-corrected chi connectivity index (χ4v) is 2.96. The van der Waals surface area contributed by atoms with Crippen LogP contribution in [0.1, 0.15) is 23.9 Å². The molecule has 0 spiro atoms. The van der Waals surface area contributed by atoms with Gasteiger partial charge in [0.1, 0.15) is 10.8 Å². The molecule has 20 heavy (non-hydrogen) atoms. The maximum Gasteiger partial charge on any atom is 0.387 e. The van der Waals surface area contributed by atoms with Crippen molar-refractivity contribution >= 4 is 11.3 Å². The van der Waals surface area contributed by atoms with E-state index in [9.17, 15) is 8.78 Å². The van der Waals surface area contributed by atoms with Gasteiger partial charge in [-0.05, 0) is 43.0 Å². The molecule has 1 aliphatic carbocycles. The van der Waals surface area contributed by atoms with Crippen LogP contribution in [-0.4, -0.2) is 11.6 Å². The van der Waals surface area contributed by atoms with Gasteiger partial charge in [-0.2, -0.15) is 8.78 Å². The van der Waals surface area contributed by atoms with Crippen molar-refractivity contribution in [3.63, 3.8) is 0 Å². The van der Waals surface area contributed by atoms with Crippen LogP contribution in [0.3, 0.4) is 0 Å². The van der Waals surface area contributed by atoms with Gasteiger partial charge < -0.3 is 10.5 Å². The van der Waals surface area contributed by atoms with Crippen LogP contribution in [0.4, 0.5) is 8.78 Å². The summed E-state index contributed by atoms with van der Waals surface area (Å²) in [5.41, 5.74) is 7.81. The highest BCUT2D eigenvalue weighted by Gasteiger charge is 2.31. The number of hydrogen-bond acceptors (Lipinski definition) is 4. The van der Waals surface area contributed by atoms with Crippen molar-refractivity contribution in [1.82, 2.24) is 4.98 Å². The van der Waals surface area contributed by atoms with E-state index in [4.69, 9.17) is 5.73 Å². The molecule has 1 aliphatic rings. The Morgan fingerprint density at radius 2 is 1.95 bits per heavy atom. The Morgan fingerprint density at radius 1 is 1.25 bits per heavy atom. The monoisotopic (exact) mass is 296 g/mol. The first-order valence-electron chi connectivity index (χ1n) is 6.40. The van der Waals surface area contributed by atoms with Crippen molar-refractivity contribution in [3.05, 3.63) is 34.7 Å². The third kappa shape index (κ3) is 2.96. The Hall–Kier alpha value is -1.53. The Labute approximate surface area is 119 Å². The molecule has 0 aliphatic heterocycles. The van der Waals surface area contributed by atoms with Crippen molar-refractivity contribution in [2.45, 2.75) is 25.5 Å². The lowest BCUT2D eigenvalue weighted by atomic mass is 10.1. The molecule has 0 saturated heterocycles. The molecule has 0 amide bonds. The van der Waals surface area contributed by atoms with Crippen LogP contribution in [0.25, 0.3) is 11.3 Å². The molecular weight excluding hydrogens is 282 g/mol. The molecule has 0 bridgehead atoms. The van der Waals surface area contributed by atoms with E-state index >= 15 is 0 Å². The summed E-state index contributed by atoms with van der Waals surface area (Å²) >= 11 is 1.55. The second-order valence-corrected chi connectivity index (χ2v) is 5.73. The SMILES string of the molecule is NC(c1nc(-c2ccc(OC(F)F)cc2)cs1)C1CC1. The first kappa shape index (κ1) is 13.5. The van der Waals surface area contributed by atoms with Gasteiger partial charge in [-0.15, -0.1) is 11.3 Å². The van der Waals surface area contributed by atoms with Crippen LogP contribution in [0.2, 0.25) is 0 Å². The van der Waals surface area contributed by atoms with Gasteiger partial charge in [0.25, 0.3) is 0 Å². The third-order valence-corrected chi connectivity index (χ3v) is 4.26. The van der Waals surface area contributed by atoms with Crippen molar-refractivity contribution in [3.8, 4) is 17.0 Å². The van der Waals surface area contributed by atoms with Crippen molar-refractivity contribution in [1.29, 1.82) is 0 Å². The summed E-state index contributed by atoms with van der Waals surface area (Å²) in [6.45, 7) is -2.80. The van der Waals surface area contributed by atoms with Crippen LogP contribution in [-0.2, 0) is 0 Å². The average Bonchev–Trinajstić information content (AvgIpc) is 3.16. The van der Waals surface area contributed by atoms with Crippen LogP contribution in [0.15, 0.2) is 29.6 Å². The van der Waals surface area contributed by atoms with Crippen LogP contribution >= 0.6 is 11.3 Å². The molecule has 1 heterocycles. The van der Waals surface area contributed by atoms with Crippen LogP contribution < -0.4 is 10.5 Å². The smallest absolute Gasteiger partial charge is 0.387 e. The summed E-state index contributed by atoms with van der Waals surface area (Å²) in [4.78, 5) is 4.54. The fraction of sp³-hybridized carbons (Fsp3) is 0.357. The molecule has 2 aromatic rings. The maximum absolute atomic E-state index is 12.1. The van der Waals surface area contributed by atoms with Crippen LogP contribution in [0.5, 0.6) is 5.75 Å². The molecule has 106 valence electrons. The highest BCUT2D eigenvalue weighted by molar-refractivity contribution is 7.10. The van der Waals surface area contributed by atoms with E-state index in [-0.39, 0.29) is 11.8 Å². The first-order chi connectivity index (χ1) is 9.63. The zero-order chi connectivity index (χ0) is 14.1. The molecule has 3 nitrogen and oxygen atoms in total. The lowest BCUT2D eigenvalue weighted by Gasteiger charge is -2.05. The van der Waals surface area contributed by atoms with Crippen molar-refractivity contribution in [2.24, 2.45) is 11.7 Å². The summed E-state index contributed by atoms with van der Waals surface area (Å²) < 4.78 is 28.5. The zero-order valence-corrected chi connectivity index (χ0v) is 11.4. The molecule has 1 saturated carbocycles. The molecule has 6 heteroatoms. The van der Waals surface area contributed by atoms with Gasteiger partial charge in [-0.25, -0.2) is 4.98 Å². The minimum absolute atomic E-state index is 0.0233. The topological polar surface area (TPSA) is 48.1 Å². The first-order valence-corrected chi connectivity index (χ1v) is 7.27. The molecule has 1 fully saturated rings. The molecule has 2 N–H and O–H groups in total. The zero-order valence-electron chi connectivity index (χ0n) is 10.6. The molecule has 0 radical (unpaired) electrons. The Morgan fingerprint density at radius 3 is 2.55 bits per heavy atom. The van der Waals surface area contributed by atoms with E-state index in [0.29, 0.717) is 5.92 Å². The van der Waals surface area contributed by atoms with E-state index in [1.54, 1.807) is 23.5 Å². The standard InChI is InChI=1S/C14H14F2N2OS/c15-14(16)19-10-5-3-8(4-6-10)11-7-20-13(18-11)12(17)9-1-2-9/h3-7,9,12,14H,1-2,17H2. The molecule has 1 aromatic heterocycles. The number of benzene rings is 1. The number of hydrogen-bond donors (Lipinski definition) is 1. The number of halogens is 2. The number of rotatable bonds is 5. The van der Waals surface area contributed by atoms with Gasteiger partial charge in [0, 0.05) is 10.9 Å². The summed E-state index contributed by atoms with van der Waals surface area (Å²) in [5, 5.41) is 2.89. The second-order valence-electron chi connectivity index (χ2n) is 4.84. The minimum Gasteiger partial charge on any atom is -0.435 e. The quantitative estimate of drug-likeness (QED) is 0.912. The van der Waals surface area contributed by atoms with Crippen molar-refractivity contribution in [2.75, 3.05) is 0 Å². The van der Waals surface area contributed by atoms with Gasteiger partial charge in [0.2, 0.25) is 0 Å². The fourth-order valence-electron chi connectivity index (χ4n) is 2.04. The number of thiazole rings is 1. The van der Waals surface area contributed by atoms with Crippen LogP contribution in [0, 0.1) is 5.92 Å². The molecular formula is C14H14F2N2OS. The van der Waals surface area contributed by atoms with Gasteiger partial charge in [-0.3, -0.25) is 0 Å². The summed E-state index contributed by atoms with van der Waals surface area (Å²) in [6, 6.07) is 6.50. The summed E-state index contributed by atoms with van der Waals surface area (Å²) in [7, 11) is 0. The predicted octanol–water partition coefficient (Wildman–Crippen LogP) is 3.82. The van der Waals surface area contributed by atoms with E-state index in [0.717, 1.165) is 16.3 Å². The van der Waals surface area contributed by atoms with Gasteiger partial charge in [0.05, 0.1) is 11.7 Å². The predicted molar refractivity (Wildman–Crippen MR) is 73.8 cm³/mol. The number of ether oxygens (including phenoxy) is 1. The largest absolute Gasteiger partial charge is 0.435 e. The van der Waals surface area contributed by atoms with Gasteiger partial charge >= 0.3 is 6.61 Å². The Kier molecular flexibility index (Phi) is 3.67. The number of nitrogens with two attached hydrogens (primary N) is 1.